The van der Waals surface area contributed by atoms with Gasteiger partial charge in [-0.3, -0.25) is 0 Å². The van der Waals surface area contributed by atoms with Gasteiger partial charge in [-0.1, -0.05) is 0 Å². The molecule has 1 rings (SSSR count). The summed E-state index contributed by atoms with van der Waals surface area (Å²) in [5.74, 6) is -0.952. The third-order valence-electron chi connectivity index (χ3n) is 1.85. The van der Waals surface area contributed by atoms with Crippen LogP contribution in [0.25, 0.3) is 0 Å². The minimum atomic E-state index is -0.481. The number of halogens is 3. The zero-order chi connectivity index (χ0) is 11.3. The van der Waals surface area contributed by atoms with E-state index in [-0.39, 0.29) is 10.2 Å². The average molecular weight is 280 g/mol. The molecular weight excluding hydrogens is 268 g/mol. The van der Waals surface area contributed by atoms with E-state index in [2.05, 4.69) is 21.2 Å². The molecule has 0 heterocycles. The molecule has 1 aromatic carbocycles. The predicted molar refractivity (Wildman–Crippen MR) is 59.0 cm³/mol. The van der Waals surface area contributed by atoms with Gasteiger partial charge in [-0.05, 0) is 28.4 Å². The third kappa shape index (κ3) is 3.76. The van der Waals surface area contributed by atoms with Crippen LogP contribution in [0.2, 0.25) is 0 Å². The Labute approximate surface area is 95.8 Å². The lowest BCUT2D eigenvalue weighted by Gasteiger charge is -2.07. The van der Waals surface area contributed by atoms with Crippen molar-refractivity contribution >= 4 is 21.6 Å². The molecule has 1 N–H and O–H groups in total. The van der Waals surface area contributed by atoms with Crippen LogP contribution in [0, 0.1) is 11.6 Å². The van der Waals surface area contributed by atoms with Crippen molar-refractivity contribution in [3.05, 3.63) is 28.2 Å². The maximum atomic E-state index is 13.2. The fourth-order valence-corrected chi connectivity index (χ4v) is 1.41. The van der Waals surface area contributed by atoms with Crippen molar-refractivity contribution in [2.75, 3.05) is 25.6 Å². The van der Waals surface area contributed by atoms with E-state index in [0.717, 1.165) is 18.6 Å². The van der Waals surface area contributed by atoms with Crippen molar-refractivity contribution in [3.63, 3.8) is 0 Å². The standard InChI is InChI=1S/C10H12BrF2NO/c1-15-4-2-3-14-10-6-8(12)7(11)5-9(10)13/h5-6,14H,2-4H2,1H3. The van der Waals surface area contributed by atoms with E-state index < -0.39 is 11.6 Å². The van der Waals surface area contributed by atoms with Crippen LogP contribution in [0.4, 0.5) is 14.5 Å². The van der Waals surface area contributed by atoms with Gasteiger partial charge in [0.15, 0.2) is 0 Å². The topological polar surface area (TPSA) is 21.3 Å². The number of rotatable bonds is 5. The SMILES string of the molecule is COCCCNc1cc(F)c(Br)cc1F. The lowest BCUT2D eigenvalue weighted by Crippen LogP contribution is -2.06. The first-order valence-electron chi connectivity index (χ1n) is 4.52. The van der Waals surface area contributed by atoms with E-state index in [4.69, 9.17) is 4.74 Å². The molecule has 15 heavy (non-hydrogen) atoms. The molecule has 0 amide bonds. The van der Waals surface area contributed by atoms with Gasteiger partial charge in [0.05, 0.1) is 10.2 Å². The highest BCUT2D eigenvalue weighted by molar-refractivity contribution is 9.10. The second kappa shape index (κ2) is 6.02. The van der Waals surface area contributed by atoms with Crippen LogP contribution in [-0.4, -0.2) is 20.3 Å². The molecular formula is C10H12BrF2NO. The normalized spacial score (nSPS) is 10.4. The lowest BCUT2D eigenvalue weighted by molar-refractivity contribution is 0.197. The van der Waals surface area contributed by atoms with Gasteiger partial charge in [0.25, 0.3) is 0 Å². The van der Waals surface area contributed by atoms with Crippen LogP contribution in [-0.2, 0) is 4.74 Å². The highest BCUT2D eigenvalue weighted by Crippen LogP contribution is 2.23. The van der Waals surface area contributed by atoms with Crippen LogP contribution in [0.3, 0.4) is 0 Å². The van der Waals surface area contributed by atoms with Crippen molar-refractivity contribution < 1.29 is 13.5 Å². The molecule has 0 aromatic heterocycles. The highest BCUT2D eigenvalue weighted by atomic mass is 79.9. The van der Waals surface area contributed by atoms with Gasteiger partial charge in [0.2, 0.25) is 0 Å². The predicted octanol–water partition coefficient (Wildman–Crippen LogP) is 3.18. The number of anilines is 1. The van der Waals surface area contributed by atoms with E-state index in [9.17, 15) is 8.78 Å². The molecule has 0 aliphatic heterocycles. The van der Waals surface area contributed by atoms with E-state index >= 15 is 0 Å². The first-order valence-corrected chi connectivity index (χ1v) is 5.32. The van der Waals surface area contributed by atoms with Crippen molar-refractivity contribution in [3.8, 4) is 0 Å². The molecule has 0 spiro atoms. The Hall–Kier alpha value is -0.680. The molecule has 1 aromatic rings. The lowest BCUT2D eigenvalue weighted by atomic mass is 10.3. The average Bonchev–Trinajstić information content (AvgIpc) is 2.20. The second-order valence-electron chi connectivity index (χ2n) is 3.02. The zero-order valence-electron chi connectivity index (χ0n) is 8.32. The second-order valence-corrected chi connectivity index (χ2v) is 3.87. The number of nitrogens with one attached hydrogen (secondary N) is 1. The number of hydrogen-bond acceptors (Lipinski definition) is 2. The Morgan fingerprint density at radius 2 is 2.07 bits per heavy atom. The monoisotopic (exact) mass is 279 g/mol. The van der Waals surface area contributed by atoms with Gasteiger partial charge in [-0.25, -0.2) is 8.78 Å². The Morgan fingerprint density at radius 3 is 2.73 bits per heavy atom. The Morgan fingerprint density at radius 1 is 1.33 bits per heavy atom. The maximum Gasteiger partial charge on any atom is 0.147 e. The van der Waals surface area contributed by atoms with Crippen LogP contribution in [0.15, 0.2) is 16.6 Å². The van der Waals surface area contributed by atoms with Crippen LogP contribution in [0.5, 0.6) is 0 Å². The summed E-state index contributed by atoms with van der Waals surface area (Å²) in [6, 6.07) is 2.24. The largest absolute Gasteiger partial charge is 0.385 e. The van der Waals surface area contributed by atoms with Crippen LogP contribution in [0.1, 0.15) is 6.42 Å². The van der Waals surface area contributed by atoms with Crippen LogP contribution < -0.4 is 5.32 Å². The van der Waals surface area contributed by atoms with Crippen molar-refractivity contribution in [2.24, 2.45) is 0 Å². The van der Waals surface area contributed by atoms with Gasteiger partial charge in [-0.15, -0.1) is 0 Å². The molecule has 0 aliphatic rings. The Kier molecular flexibility index (Phi) is 4.98. The quantitative estimate of drug-likeness (QED) is 0.660. The summed E-state index contributed by atoms with van der Waals surface area (Å²) in [6.07, 6.45) is 0.744. The number of methoxy groups -OCH3 is 1. The highest BCUT2D eigenvalue weighted by Gasteiger charge is 2.07. The molecule has 0 bridgehead atoms. The van der Waals surface area contributed by atoms with E-state index in [1.54, 1.807) is 7.11 Å². The number of benzene rings is 1. The molecule has 0 unspecified atom stereocenters. The smallest absolute Gasteiger partial charge is 0.147 e. The van der Waals surface area contributed by atoms with Gasteiger partial charge in [0.1, 0.15) is 11.6 Å². The first kappa shape index (κ1) is 12.4. The van der Waals surface area contributed by atoms with Gasteiger partial charge in [-0.2, -0.15) is 0 Å². The summed E-state index contributed by atoms with van der Waals surface area (Å²) >= 11 is 2.91. The molecule has 0 atom stereocenters. The fraction of sp³-hybridized carbons (Fsp3) is 0.400. The minimum absolute atomic E-state index is 0.127. The molecule has 0 aliphatic carbocycles. The van der Waals surface area contributed by atoms with Crippen molar-refractivity contribution in [1.29, 1.82) is 0 Å². The molecule has 84 valence electrons. The molecule has 0 saturated heterocycles. The summed E-state index contributed by atoms with van der Waals surface area (Å²) in [4.78, 5) is 0. The molecule has 2 nitrogen and oxygen atoms in total. The van der Waals surface area contributed by atoms with E-state index in [1.165, 1.54) is 0 Å². The Bertz CT molecular complexity index is 333. The fourth-order valence-electron chi connectivity index (χ4n) is 1.10. The maximum absolute atomic E-state index is 13.2. The van der Waals surface area contributed by atoms with E-state index in [1.807, 2.05) is 0 Å². The van der Waals surface area contributed by atoms with Crippen LogP contribution >= 0.6 is 15.9 Å². The van der Waals surface area contributed by atoms with Gasteiger partial charge < -0.3 is 10.1 Å². The number of hydrogen-bond donors (Lipinski definition) is 1. The molecule has 5 heteroatoms. The third-order valence-corrected chi connectivity index (χ3v) is 2.46. The van der Waals surface area contributed by atoms with Gasteiger partial charge >= 0.3 is 0 Å². The summed E-state index contributed by atoms with van der Waals surface area (Å²) < 4.78 is 31.3. The summed E-state index contributed by atoms with van der Waals surface area (Å²) in [5.41, 5.74) is 0.173. The van der Waals surface area contributed by atoms with Gasteiger partial charge in [0, 0.05) is 26.3 Å². The van der Waals surface area contributed by atoms with E-state index in [0.29, 0.717) is 13.2 Å². The van der Waals surface area contributed by atoms with Crippen molar-refractivity contribution in [1.82, 2.24) is 0 Å². The number of ether oxygens (including phenoxy) is 1. The Balaban J connectivity index is 2.57. The summed E-state index contributed by atoms with van der Waals surface area (Å²) in [7, 11) is 1.60. The molecule has 0 saturated carbocycles. The molecule has 0 radical (unpaired) electrons. The summed E-state index contributed by atoms with van der Waals surface area (Å²) in [6.45, 7) is 1.14. The first-order chi connectivity index (χ1) is 7.15. The molecule has 0 fully saturated rings. The zero-order valence-corrected chi connectivity index (χ0v) is 9.90. The summed E-state index contributed by atoms with van der Waals surface area (Å²) in [5, 5.41) is 2.80. The minimum Gasteiger partial charge on any atom is -0.385 e. The van der Waals surface area contributed by atoms with Crippen molar-refractivity contribution in [2.45, 2.75) is 6.42 Å².